The average molecular weight is 375 g/mol. The van der Waals surface area contributed by atoms with Gasteiger partial charge in [-0.3, -0.25) is 14.2 Å². The quantitative estimate of drug-likeness (QED) is 0.477. The summed E-state index contributed by atoms with van der Waals surface area (Å²) in [7, 11) is 0. The monoisotopic (exact) mass is 375 g/mol. The Morgan fingerprint density at radius 1 is 1.15 bits per heavy atom. The van der Waals surface area contributed by atoms with Crippen molar-refractivity contribution in [2.45, 2.75) is 6.92 Å². The van der Waals surface area contributed by atoms with Crippen molar-refractivity contribution in [3.8, 4) is 22.5 Å². The van der Waals surface area contributed by atoms with Crippen LogP contribution in [-0.4, -0.2) is 20.7 Å². The van der Waals surface area contributed by atoms with E-state index < -0.39 is 5.76 Å². The van der Waals surface area contributed by atoms with Gasteiger partial charge in [-0.2, -0.15) is 0 Å². The number of hydrogen-bond acceptors (Lipinski definition) is 5. The molecule has 0 fully saturated rings. The van der Waals surface area contributed by atoms with E-state index in [1.807, 2.05) is 47.0 Å². The summed E-state index contributed by atoms with van der Waals surface area (Å²) in [6.07, 6.45) is 0.834. The van der Waals surface area contributed by atoms with Gasteiger partial charge in [0.15, 0.2) is 16.8 Å². The Labute approximate surface area is 156 Å². The minimum Gasteiger partial charge on any atom is -0.408 e. The van der Waals surface area contributed by atoms with Crippen molar-refractivity contribution in [3.05, 3.63) is 69.7 Å². The molecule has 0 aliphatic heterocycles. The SMILES string of the molecule is Cc1ccc(-c2nc3scc(-c4ccc5[nH]c(=O)oc5c4)n3c2C=O)cc1. The van der Waals surface area contributed by atoms with Gasteiger partial charge in [-0.25, -0.2) is 9.78 Å². The number of hydrogen-bond donors (Lipinski definition) is 1. The molecule has 0 saturated carbocycles. The number of aromatic nitrogens is 3. The van der Waals surface area contributed by atoms with Gasteiger partial charge in [0.25, 0.3) is 0 Å². The second kappa shape index (κ2) is 5.78. The number of H-pyrrole nitrogens is 1. The average Bonchev–Trinajstić information content (AvgIpc) is 3.33. The first kappa shape index (κ1) is 15.8. The molecule has 0 bridgehead atoms. The molecule has 0 spiro atoms. The van der Waals surface area contributed by atoms with Crippen LogP contribution in [-0.2, 0) is 0 Å². The van der Waals surface area contributed by atoms with Crippen LogP contribution in [0.4, 0.5) is 0 Å². The first-order valence-electron chi connectivity index (χ1n) is 8.29. The predicted octanol–water partition coefficient (Wildman–Crippen LogP) is 4.29. The minimum absolute atomic E-state index is 0.475. The van der Waals surface area contributed by atoms with Crippen LogP contribution in [0.2, 0.25) is 0 Å². The summed E-state index contributed by atoms with van der Waals surface area (Å²) in [4.78, 5) is 31.3. The van der Waals surface area contributed by atoms with Crippen molar-refractivity contribution >= 4 is 33.7 Å². The second-order valence-corrected chi connectivity index (χ2v) is 7.13. The fraction of sp³-hybridized carbons (Fsp3) is 0.0500. The maximum absolute atomic E-state index is 11.9. The molecule has 0 saturated heterocycles. The van der Waals surface area contributed by atoms with Gasteiger partial charge in [0.1, 0.15) is 11.4 Å². The Bertz CT molecular complexity index is 1370. The number of thiazole rings is 1. The number of oxazole rings is 1. The van der Waals surface area contributed by atoms with Crippen LogP contribution in [0.3, 0.4) is 0 Å². The van der Waals surface area contributed by atoms with Crippen LogP contribution in [0.1, 0.15) is 16.1 Å². The molecule has 3 aromatic heterocycles. The third-order valence-corrected chi connectivity index (χ3v) is 5.38. The number of fused-ring (bicyclic) bond motifs is 2. The number of imidazole rings is 1. The fourth-order valence-electron chi connectivity index (χ4n) is 3.22. The third-order valence-electron chi connectivity index (χ3n) is 4.55. The number of rotatable bonds is 3. The summed E-state index contributed by atoms with van der Waals surface area (Å²) in [5, 5.41) is 1.94. The molecule has 6 nitrogen and oxygen atoms in total. The predicted molar refractivity (Wildman–Crippen MR) is 104 cm³/mol. The van der Waals surface area contributed by atoms with E-state index in [9.17, 15) is 9.59 Å². The summed E-state index contributed by atoms with van der Waals surface area (Å²) in [5.41, 5.74) is 5.99. The van der Waals surface area contributed by atoms with Crippen LogP contribution in [0.15, 0.2) is 57.1 Å². The molecule has 3 heterocycles. The number of benzene rings is 2. The molecule has 0 aliphatic rings. The first-order chi connectivity index (χ1) is 13.1. The lowest BCUT2D eigenvalue weighted by Gasteiger charge is -2.03. The molecular formula is C20H13N3O3S. The standard InChI is InChI=1S/C20H13N3O3S/c1-11-2-4-12(5-3-11)18-15(9-24)23-16(10-27-19(23)22-18)13-6-7-14-17(8-13)26-20(25)21-14/h2-10H,1H3,(H,21,25). The highest BCUT2D eigenvalue weighted by Gasteiger charge is 2.19. The Balaban J connectivity index is 1.74. The molecule has 0 atom stereocenters. The Hall–Kier alpha value is -3.45. The van der Waals surface area contributed by atoms with Crippen molar-refractivity contribution < 1.29 is 9.21 Å². The topological polar surface area (TPSA) is 80.4 Å². The second-order valence-electron chi connectivity index (χ2n) is 6.29. The van der Waals surface area contributed by atoms with Crippen molar-refractivity contribution in [2.24, 2.45) is 0 Å². The van der Waals surface area contributed by atoms with E-state index in [4.69, 9.17) is 4.42 Å². The molecular weight excluding hydrogens is 362 g/mol. The number of aromatic amines is 1. The maximum Gasteiger partial charge on any atom is 0.417 e. The highest BCUT2D eigenvalue weighted by molar-refractivity contribution is 7.15. The number of aldehydes is 1. The zero-order valence-corrected chi connectivity index (χ0v) is 15.0. The summed E-state index contributed by atoms with van der Waals surface area (Å²) in [6.45, 7) is 2.02. The van der Waals surface area contributed by atoms with Crippen LogP contribution >= 0.6 is 11.3 Å². The van der Waals surface area contributed by atoms with Gasteiger partial charge in [0, 0.05) is 16.5 Å². The zero-order valence-electron chi connectivity index (χ0n) is 14.2. The van der Waals surface area contributed by atoms with Crippen LogP contribution in [0.25, 0.3) is 38.6 Å². The fourth-order valence-corrected chi connectivity index (χ4v) is 4.12. The van der Waals surface area contributed by atoms with Crippen LogP contribution in [0.5, 0.6) is 0 Å². The number of carbonyl (C=O) groups excluding carboxylic acids is 1. The van der Waals surface area contributed by atoms with Gasteiger partial charge >= 0.3 is 5.76 Å². The van der Waals surface area contributed by atoms with Gasteiger partial charge in [-0.15, -0.1) is 11.3 Å². The van der Waals surface area contributed by atoms with Crippen LogP contribution in [0, 0.1) is 6.92 Å². The molecule has 132 valence electrons. The zero-order chi connectivity index (χ0) is 18.5. The van der Waals surface area contributed by atoms with Crippen molar-refractivity contribution in [1.82, 2.24) is 14.4 Å². The van der Waals surface area contributed by atoms with E-state index in [-0.39, 0.29) is 0 Å². The van der Waals surface area contributed by atoms with Crippen molar-refractivity contribution in [1.29, 1.82) is 0 Å². The highest BCUT2D eigenvalue weighted by atomic mass is 32.1. The van der Waals surface area contributed by atoms with E-state index in [1.165, 1.54) is 11.3 Å². The normalized spacial score (nSPS) is 11.4. The van der Waals surface area contributed by atoms with Gasteiger partial charge < -0.3 is 4.42 Å². The molecule has 5 rings (SSSR count). The number of carbonyl (C=O) groups is 1. The molecule has 0 radical (unpaired) electrons. The number of nitrogens with zero attached hydrogens (tertiary/aromatic N) is 2. The summed E-state index contributed by atoms with van der Waals surface area (Å²) < 4.78 is 7.00. The van der Waals surface area contributed by atoms with Gasteiger partial charge in [-0.05, 0) is 19.1 Å². The van der Waals surface area contributed by atoms with Gasteiger partial charge in [0.2, 0.25) is 0 Å². The third kappa shape index (κ3) is 2.43. The van der Waals surface area contributed by atoms with E-state index in [0.29, 0.717) is 22.5 Å². The van der Waals surface area contributed by atoms with E-state index in [2.05, 4.69) is 9.97 Å². The largest absolute Gasteiger partial charge is 0.417 e. The molecule has 0 unspecified atom stereocenters. The molecule has 27 heavy (non-hydrogen) atoms. The Morgan fingerprint density at radius 2 is 1.93 bits per heavy atom. The highest BCUT2D eigenvalue weighted by Crippen LogP contribution is 2.33. The number of nitrogens with one attached hydrogen (secondary N) is 1. The summed E-state index contributed by atoms with van der Waals surface area (Å²) in [5.74, 6) is -0.490. The van der Waals surface area contributed by atoms with E-state index in [0.717, 1.165) is 33.6 Å². The summed E-state index contributed by atoms with van der Waals surface area (Å²) >= 11 is 1.46. The Kier molecular flexibility index (Phi) is 3.38. The van der Waals surface area contributed by atoms with Gasteiger partial charge in [-0.1, -0.05) is 35.9 Å². The summed E-state index contributed by atoms with van der Waals surface area (Å²) in [6, 6.07) is 13.4. The number of aryl methyl sites for hydroxylation is 1. The van der Waals surface area contributed by atoms with Crippen molar-refractivity contribution in [3.63, 3.8) is 0 Å². The van der Waals surface area contributed by atoms with E-state index in [1.54, 1.807) is 12.1 Å². The molecule has 7 heteroatoms. The lowest BCUT2D eigenvalue weighted by Crippen LogP contribution is -1.94. The molecule has 0 aliphatic carbocycles. The van der Waals surface area contributed by atoms with E-state index >= 15 is 0 Å². The first-order valence-corrected chi connectivity index (χ1v) is 9.17. The molecule has 1 N–H and O–H groups in total. The molecule has 5 aromatic rings. The lowest BCUT2D eigenvalue weighted by molar-refractivity contribution is 0.111. The lowest BCUT2D eigenvalue weighted by atomic mass is 10.1. The Morgan fingerprint density at radius 3 is 2.70 bits per heavy atom. The maximum atomic E-state index is 11.9. The molecule has 2 aromatic carbocycles. The van der Waals surface area contributed by atoms with Crippen LogP contribution < -0.4 is 5.76 Å². The molecule has 0 amide bonds. The smallest absolute Gasteiger partial charge is 0.408 e. The van der Waals surface area contributed by atoms with Gasteiger partial charge in [0.05, 0.1) is 11.2 Å². The van der Waals surface area contributed by atoms with Crippen molar-refractivity contribution in [2.75, 3.05) is 0 Å². The minimum atomic E-state index is -0.490.